The molecule has 0 radical (unpaired) electrons. The number of imidazole rings is 1. The van der Waals surface area contributed by atoms with Crippen LogP contribution in [0.4, 0.5) is 0 Å². The molecule has 0 saturated carbocycles. The van der Waals surface area contributed by atoms with Gasteiger partial charge in [0.05, 0.1) is 18.8 Å². The zero-order chi connectivity index (χ0) is 18.1. The lowest BCUT2D eigenvalue weighted by molar-refractivity contribution is 0.111. The maximum atomic E-state index is 11.8. The van der Waals surface area contributed by atoms with Gasteiger partial charge >= 0.3 is 0 Å². The Morgan fingerprint density at radius 1 is 1.12 bits per heavy atom. The lowest BCUT2D eigenvalue weighted by atomic mass is 9.99. The van der Waals surface area contributed by atoms with Crippen molar-refractivity contribution >= 4 is 33.4 Å². The fraction of sp³-hybridized carbons (Fsp3) is 0.200. The summed E-state index contributed by atoms with van der Waals surface area (Å²) in [5.74, 6) is 1.44. The molecule has 0 atom stereocenters. The molecule has 0 aliphatic heterocycles. The number of aldehydes is 1. The van der Waals surface area contributed by atoms with E-state index < -0.39 is 0 Å². The second-order valence-electron chi connectivity index (χ2n) is 5.68. The zero-order valence-corrected chi connectivity index (χ0v) is 15.4. The van der Waals surface area contributed by atoms with Crippen molar-refractivity contribution in [3.8, 4) is 22.8 Å². The summed E-state index contributed by atoms with van der Waals surface area (Å²) in [5, 5.41) is 3.84. The number of thiazole rings is 1. The molecule has 0 spiro atoms. The van der Waals surface area contributed by atoms with Gasteiger partial charge in [0.2, 0.25) is 0 Å². The van der Waals surface area contributed by atoms with Crippen molar-refractivity contribution in [1.82, 2.24) is 9.38 Å². The quantitative estimate of drug-likeness (QED) is 0.459. The van der Waals surface area contributed by atoms with E-state index in [4.69, 9.17) is 14.5 Å². The number of hydrogen-bond donors (Lipinski definition) is 0. The fourth-order valence-electron chi connectivity index (χ4n) is 3.21. The molecule has 0 N–H and O–H groups in total. The molecule has 0 saturated heterocycles. The summed E-state index contributed by atoms with van der Waals surface area (Å²) in [7, 11) is 0. The van der Waals surface area contributed by atoms with Crippen LogP contribution in [0.15, 0.2) is 41.9 Å². The third-order valence-electron chi connectivity index (χ3n) is 4.22. The minimum absolute atomic E-state index is 0.509. The highest BCUT2D eigenvalue weighted by Crippen LogP contribution is 2.43. The minimum Gasteiger partial charge on any atom is -0.493 e. The maximum absolute atomic E-state index is 11.8. The van der Waals surface area contributed by atoms with E-state index in [0.717, 1.165) is 33.3 Å². The van der Waals surface area contributed by atoms with Crippen molar-refractivity contribution in [2.75, 3.05) is 13.2 Å². The number of aromatic nitrogens is 2. The smallest absolute Gasteiger partial charge is 0.194 e. The molecular weight excluding hydrogens is 348 g/mol. The first kappa shape index (κ1) is 16.6. The van der Waals surface area contributed by atoms with E-state index >= 15 is 0 Å². The Morgan fingerprint density at radius 3 is 2.58 bits per heavy atom. The van der Waals surface area contributed by atoms with Crippen LogP contribution < -0.4 is 9.47 Å². The van der Waals surface area contributed by atoms with Gasteiger partial charge in [-0.1, -0.05) is 24.3 Å². The van der Waals surface area contributed by atoms with Crippen molar-refractivity contribution in [3.63, 3.8) is 0 Å². The van der Waals surface area contributed by atoms with E-state index in [9.17, 15) is 4.79 Å². The van der Waals surface area contributed by atoms with Crippen molar-refractivity contribution in [2.45, 2.75) is 13.8 Å². The predicted octanol–water partition coefficient (Wildman–Crippen LogP) is 4.83. The number of fused-ring (bicyclic) bond motifs is 2. The lowest BCUT2D eigenvalue weighted by Crippen LogP contribution is -2.00. The fourth-order valence-corrected chi connectivity index (χ4v) is 3.93. The van der Waals surface area contributed by atoms with Crippen molar-refractivity contribution in [3.05, 3.63) is 47.6 Å². The highest BCUT2D eigenvalue weighted by Gasteiger charge is 2.22. The van der Waals surface area contributed by atoms with Gasteiger partial charge in [-0.2, -0.15) is 0 Å². The molecule has 0 aliphatic rings. The SMILES string of the molecule is CCOc1cc(OCC)c2ccccc2c1-c1nc2sccn2c1C=O. The molecule has 5 nitrogen and oxygen atoms in total. The topological polar surface area (TPSA) is 52.8 Å². The summed E-state index contributed by atoms with van der Waals surface area (Å²) < 4.78 is 13.6. The summed E-state index contributed by atoms with van der Waals surface area (Å²) in [6, 6.07) is 9.86. The largest absolute Gasteiger partial charge is 0.493 e. The second-order valence-corrected chi connectivity index (χ2v) is 6.55. The molecule has 4 aromatic rings. The Bertz CT molecular complexity index is 1100. The summed E-state index contributed by atoms with van der Waals surface area (Å²) in [4.78, 5) is 17.3. The number of carbonyl (C=O) groups is 1. The molecule has 2 aromatic carbocycles. The van der Waals surface area contributed by atoms with Crippen LogP contribution in [0.3, 0.4) is 0 Å². The van der Waals surface area contributed by atoms with Gasteiger partial charge in [0.25, 0.3) is 0 Å². The summed E-state index contributed by atoms with van der Waals surface area (Å²) in [5.41, 5.74) is 1.98. The Morgan fingerprint density at radius 2 is 1.85 bits per heavy atom. The van der Waals surface area contributed by atoms with Gasteiger partial charge in [-0.25, -0.2) is 4.98 Å². The van der Waals surface area contributed by atoms with Crippen LogP contribution in [-0.4, -0.2) is 28.9 Å². The molecule has 6 heteroatoms. The van der Waals surface area contributed by atoms with E-state index in [2.05, 4.69) is 0 Å². The highest BCUT2D eigenvalue weighted by atomic mass is 32.1. The molecule has 2 heterocycles. The Labute approximate surface area is 154 Å². The van der Waals surface area contributed by atoms with E-state index in [0.29, 0.717) is 30.4 Å². The average Bonchev–Trinajstić information content (AvgIpc) is 3.23. The van der Waals surface area contributed by atoms with Crippen LogP contribution >= 0.6 is 11.3 Å². The summed E-state index contributed by atoms with van der Waals surface area (Å²) in [6.45, 7) is 4.97. The number of carbonyl (C=O) groups excluding carboxylic acids is 1. The molecule has 0 unspecified atom stereocenters. The summed E-state index contributed by atoms with van der Waals surface area (Å²) >= 11 is 1.50. The van der Waals surface area contributed by atoms with E-state index in [1.807, 2.05) is 60.2 Å². The van der Waals surface area contributed by atoms with Crippen LogP contribution in [0.5, 0.6) is 11.5 Å². The van der Waals surface area contributed by atoms with Gasteiger partial charge in [-0.3, -0.25) is 9.20 Å². The van der Waals surface area contributed by atoms with Crippen LogP contribution in [0.1, 0.15) is 24.3 Å². The molecule has 0 bridgehead atoms. The minimum atomic E-state index is 0.509. The van der Waals surface area contributed by atoms with Gasteiger partial charge in [0, 0.05) is 23.0 Å². The molecular formula is C20H18N2O3S. The monoisotopic (exact) mass is 366 g/mol. The molecule has 0 aliphatic carbocycles. The third kappa shape index (κ3) is 2.54. The Balaban J connectivity index is 2.10. The number of ether oxygens (including phenoxy) is 2. The molecule has 0 amide bonds. The Kier molecular flexibility index (Phi) is 4.34. The molecule has 26 heavy (non-hydrogen) atoms. The van der Waals surface area contributed by atoms with Crippen LogP contribution in [0, 0.1) is 0 Å². The van der Waals surface area contributed by atoms with Crippen molar-refractivity contribution in [1.29, 1.82) is 0 Å². The highest BCUT2D eigenvalue weighted by molar-refractivity contribution is 7.15. The first-order valence-corrected chi connectivity index (χ1v) is 9.38. The van der Waals surface area contributed by atoms with Crippen LogP contribution in [0.25, 0.3) is 27.0 Å². The van der Waals surface area contributed by atoms with Gasteiger partial charge in [-0.15, -0.1) is 11.3 Å². The third-order valence-corrected chi connectivity index (χ3v) is 4.97. The van der Waals surface area contributed by atoms with Crippen LogP contribution in [0.2, 0.25) is 0 Å². The lowest BCUT2D eigenvalue weighted by Gasteiger charge is -2.16. The number of hydrogen-bond acceptors (Lipinski definition) is 5. The number of nitrogens with zero attached hydrogens (tertiary/aromatic N) is 2. The Hall–Kier alpha value is -2.86. The van der Waals surface area contributed by atoms with Gasteiger partial charge in [0.15, 0.2) is 11.2 Å². The van der Waals surface area contributed by atoms with Gasteiger partial charge in [0.1, 0.15) is 22.9 Å². The number of rotatable bonds is 6. The predicted molar refractivity (Wildman–Crippen MR) is 104 cm³/mol. The molecule has 0 fully saturated rings. The molecule has 4 rings (SSSR count). The number of benzene rings is 2. The maximum Gasteiger partial charge on any atom is 0.194 e. The second kappa shape index (κ2) is 6.80. The standard InChI is InChI=1S/C20H18N2O3S/c1-3-24-16-11-17(25-4-2)18(14-8-6-5-7-13(14)16)19-15(12-23)22-9-10-26-20(22)21-19/h5-12H,3-4H2,1-2H3. The molecule has 2 aromatic heterocycles. The zero-order valence-electron chi connectivity index (χ0n) is 14.6. The van der Waals surface area contributed by atoms with Gasteiger partial charge in [-0.05, 0) is 19.2 Å². The summed E-state index contributed by atoms with van der Waals surface area (Å²) in [6.07, 6.45) is 2.71. The van der Waals surface area contributed by atoms with Crippen molar-refractivity contribution < 1.29 is 14.3 Å². The van der Waals surface area contributed by atoms with Gasteiger partial charge < -0.3 is 9.47 Å². The average molecular weight is 366 g/mol. The van der Waals surface area contributed by atoms with E-state index in [1.54, 1.807) is 0 Å². The normalized spacial score (nSPS) is 11.2. The molecule has 132 valence electrons. The van der Waals surface area contributed by atoms with Crippen LogP contribution in [-0.2, 0) is 0 Å². The first-order chi connectivity index (χ1) is 12.8. The first-order valence-electron chi connectivity index (χ1n) is 8.50. The van der Waals surface area contributed by atoms with E-state index in [1.165, 1.54) is 11.3 Å². The van der Waals surface area contributed by atoms with Crippen molar-refractivity contribution in [2.24, 2.45) is 0 Å². The van der Waals surface area contributed by atoms with E-state index in [-0.39, 0.29) is 0 Å².